The van der Waals surface area contributed by atoms with Crippen molar-refractivity contribution in [1.82, 2.24) is 0 Å². The van der Waals surface area contributed by atoms with Gasteiger partial charge in [0.2, 0.25) is 0 Å². The monoisotopic (exact) mass is 97.1 g/mol. The van der Waals surface area contributed by atoms with Crippen LogP contribution in [-0.2, 0) is 0 Å². The van der Waals surface area contributed by atoms with Crippen molar-refractivity contribution in [3.63, 3.8) is 0 Å². The molecule has 0 amide bonds. The summed E-state index contributed by atoms with van der Waals surface area (Å²) in [6.45, 7) is 4.50. The van der Waals surface area contributed by atoms with E-state index in [1.807, 2.05) is 0 Å². The summed E-state index contributed by atoms with van der Waals surface area (Å²) in [6.07, 6.45) is 5.36. The van der Waals surface area contributed by atoms with Crippen molar-refractivity contribution in [1.29, 1.82) is 0 Å². The van der Waals surface area contributed by atoms with Crippen LogP contribution in [0.15, 0.2) is 0 Å². The lowest BCUT2D eigenvalue weighted by molar-refractivity contribution is 0.694. The molecule has 0 nitrogen and oxygen atoms in total. The Morgan fingerprint density at radius 1 is 1.43 bits per heavy atom. The predicted molar refractivity (Wildman–Crippen MR) is 31.9 cm³/mol. The van der Waals surface area contributed by atoms with E-state index in [1.54, 1.807) is 0 Å². The Morgan fingerprint density at radius 3 is 2.14 bits per heavy atom. The molecule has 42 valence electrons. The molecule has 0 atom stereocenters. The number of hydrogen-bond donors (Lipinski definition) is 0. The largest absolute Gasteiger partial charge is 0.323 e. The molecule has 0 heteroatoms. The second kappa shape index (κ2) is 1.85. The highest BCUT2D eigenvalue weighted by molar-refractivity contribution is 4.88. The van der Waals surface area contributed by atoms with E-state index in [9.17, 15) is 0 Å². The first-order chi connectivity index (χ1) is 3.29. The van der Waals surface area contributed by atoms with Gasteiger partial charge in [-0.15, -0.1) is 0 Å². The molecule has 1 aliphatic carbocycles. The second-order valence-corrected chi connectivity index (χ2v) is 2.77. The molecule has 0 bridgehead atoms. The molecule has 1 rings (SSSR count). The van der Waals surface area contributed by atoms with E-state index in [4.69, 9.17) is 0 Å². The van der Waals surface area contributed by atoms with Crippen LogP contribution in [0, 0.1) is 18.3 Å². The maximum atomic E-state index is 2.44. The zero-order valence-corrected chi connectivity index (χ0v) is 5.15. The van der Waals surface area contributed by atoms with Crippen molar-refractivity contribution < 1.29 is 0 Å². The van der Waals surface area contributed by atoms with Crippen LogP contribution in [0.4, 0.5) is 0 Å². The van der Waals surface area contributed by atoms with E-state index in [0.29, 0.717) is 0 Å². The van der Waals surface area contributed by atoms with Gasteiger partial charge in [0.1, 0.15) is 0 Å². The van der Waals surface area contributed by atoms with Gasteiger partial charge in [-0.1, -0.05) is 26.7 Å². The molecule has 0 spiro atoms. The third kappa shape index (κ3) is 1.96. The molecule has 7 heavy (non-hydrogen) atoms. The summed E-state index contributed by atoms with van der Waals surface area (Å²) in [4.78, 5) is 0. The van der Waals surface area contributed by atoms with Crippen molar-refractivity contribution in [2.24, 2.45) is 11.8 Å². The van der Waals surface area contributed by atoms with Gasteiger partial charge in [-0.2, -0.15) is 11.8 Å². The molecule has 0 saturated heterocycles. The fourth-order valence-corrected chi connectivity index (χ4v) is 0.833. The summed E-state index contributed by atoms with van der Waals surface area (Å²) in [6, 6.07) is 0. The average Bonchev–Trinajstić information content (AvgIpc) is 2.17. The Balaban J connectivity index is 1.97. The minimum atomic E-state index is 0.812. The van der Waals surface area contributed by atoms with E-state index in [0.717, 1.165) is 11.8 Å². The predicted octanol–water partition coefficient (Wildman–Crippen LogP) is 2.26. The van der Waals surface area contributed by atoms with Gasteiger partial charge in [-0.05, 0) is 0 Å². The second-order valence-electron chi connectivity index (χ2n) is 2.77. The summed E-state index contributed by atoms with van der Waals surface area (Å²) in [5.41, 5.74) is 0. The van der Waals surface area contributed by atoms with Gasteiger partial charge in [0.05, 0.1) is 0 Å². The number of rotatable bonds is 2. The average molecular weight is 97.2 g/mol. The van der Waals surface area contributed by atoms with Crippen LogP contribution >= 0.6 is 0 Å². The summed E-state index contributed by atoms with van der Waals surface area (Å²) < 4.78 is 0. The van der Waals surface area contributed by atoms with Crippen LogP contribution < -0.4 is 0 Å². The minimum absolute atomic E-state index is 0.812. The molecule has 1 saturated carbocycles. The SMILES string of the molecule is CC(C)[CH-]C1CC1. The van der Waals surface area contributed by atoms with Crippen LogP contribution in [0.5, 0.6) is 0 Å². The molecule has 0 aromatic carbocycles. The Kier molecular flexibility index (Phi) is 1.36. The summed E-state index contributed by atoms with van der Waals surface area (Å²) >= 11 is 0. The first-order valence-corrected chi connectivity index (χ1v) is 3.14. The van der Waals surface area contributed by atoms with Crippen LogP contribution in [0.25, 0.3) is 0 Å². The molecule has 0 unspecified atom stereocenters. The molecule has 1 fully saturated rings. The zero-order chi connectivity index (χ0) is 5.28. The molecule has 1 aliphatic rings. The summed E-state index contributed by atoms with van der Waals surface area (Å²) in [5, 5.41) is 0. The highest BCUT2D eigenvalue weighted by Crippen LogP contribution is 2.33. The zero-order valence-electron chi connectivity index (χ0n) is 5.15. The maximum Gasteiger partial charge on any atom is -0.0799 e. The first-order valence-electron chi connectivity index (χ1n) is 3.14. The quantitative estimate of drug-likeness (QED) is 0.464. The highest BCUT2D eigenvalue weighted by atomic mass is 14.3. The van der Waals surface area contributed by atoms with E-state index in [2.05, 4.69) is 20.3 Å². The highest BCUT2D eigenvalue weighted by Gasteiger charge is 2.11. The van der Waals surface area contributed by atoms with Crippen LogP contribution in [0.2, 0.25) is 0 Å². The molecule has 0 radical (unpaired) electrons. The van der Waals surface area contributed by atoms with E-state index >= 15 is 0 Å². The lowest BCUT2D eigenvalue weighted by Gasteiger charge is -2.12. The minimum Gasteiger partial charge on any atom is -0.323 e. The standard InChI is InChI=1S/C7H13/c1-6(2)5-7-3-4-7/h5-7H,3-4H2,1-2H3/q-1. The number of hydrogen-bond acceptors (Lipinski definition) is 0. The van der Waals surface area contributed by atoms with E-state index < -0.39 is 0 Å². The molecule has 0 N–H and O–H groups in total. The van der Waals surface area contributed by atoms with Gasteiger partial charge < -0.3 is 6.42 Å². The van der Waals surface area contributed by atoms with E-state index in [1.165, 1.54) is 12.8 Å². The van der Waals surface area contributed by atoms with Gasteiger partial charge >= 0.3 is 0 Å². The normalized spacial score (nSPS) is 21.0. The van der Waals surface area contributed by atoms with Gasteiger partial charge in [0.15, 0.2) is 0 Å². The van der Waals surface area contributed by atoms with Crippen molar-refractivity contribution in [2.45, 2.75) is 26.7 Å². The molecular formula is C7H13-. The molecule has 0 aromatic heterocycles. The van der Waals surface area contributed by atoms with Crippen LogP contribution in [-0.4, -0.2) is 0 Å². The van der Waals surface area contributed by atoms with Gasteiger partial charge in [-0.25, -0.2) is 0 Å². The Morgan fingerprint density at radius 2 is 2.00 bits per heavy atom. The lowest BCUT2D eigenvalue weighted by Crippen LogP contribution is -1.87. The van der Waals surface area contributed by atoms with Gasteiger partial charge in [0.25, 0.3) is 0 Å². The van der Waals surface area contributed by atoms with Crippen molar-refractivity contribution >= 4 is 0 Å². The third-order valence-electron chi connectivity index (χ3n) is 1.28. The molecule has 0 heterocycles. The summed E-state index contributed by atoms with van der Waals surface area (Å²) in [7, 11) is 0. The molecule has 0 aliphatic heterocycles. The fourth-order valence-electron chi connectivity index (χ4n) is 0.833. The van der Waals surface area contributed by atoms with Gasteiger partial charge in [0, 0.05) is 0 Å². The summed E-state index contributed by atoms with van der Waals surface area (Å²) in [5.74, 6) is 1.81. The Bertz CT molecular complexity index is 51.1. The molecule has 0 aromatic rings. The first kappa shape index (κ1) is 5.14. The maximum absolute atomic E-state index is 2.44. The third-order valence-corrected chi connectivity index (χ3v) is 1.28. The topological polar surface area (TPSA) is 0 Å². The smallest absolute Gasteiger partial charge is 0.0799 e. The Hall–Kier alpha value is 0. The molecular weight excluding hydrogens is 84.1 g/mol. The van der Waals surface area contributed by atoms with Crippen LogP contribution in [0.3, 0.4) is 0 Å². The van der Waals surface area contributed by atoms with Crippen molar-refractivity contribution in [3.05, 3.63) is 6.42 Å². The fraction of sp³-hybridized carbons (Fsp3) is 0.857. The van der Waals surface area contributed by atoms with E-state index in [-0.39, 0.29) is 0 Å². The van der Waals surface area contributed by atoms with Crippen molar-refractivity contribution in [2.75, 3.05) is 0 Å². The Labute approximate surface area is 45.9 Å². The van der Waals surface area contributed by atoms with Crippen molar-refractivity contribution in [3.8, 4) is 0 Å². The lowest BCUT2D eigenvalue weighted by atomic mass is 10.1. The van der Waals surface area contributed by atoms with Crippen LogP contribution in [0.1, 0.15) is 26.7 Å². The van der Waals surface area contributed by atoms with Gasteiger partial charge in [-0.3, -0.25) is 0 Å².